The Bertz CT molecular complexity index is 963. The summed E-state index contributed by atoms with van der Waals surface area (Å²) in [6.07, 6.45) is -2.34. The molecular formula is C19H18F3N3O2. The van der Waals surface area contributed by atoms with Crippen LogP contribution in [0, 0.1) is 6.92 Å². The third-order valence-corrected chi connectivity index (χ3v) is 4.08. The summed E-state index contributed by atoms with van der Waals surface area (Å²) in [5.74, 6) is -0.594. The molecule has 0 atom stereocenters. The van der Waals surface area contributed by atoms with Crippen LogP contribution in [0.25, 0.3) is 5.65 Å². The van der Waals surface area contributed by atoms with E-state index in [1.54, 1.807) is 10.6 Å². The Labute approximate surface area is 153 Å². The molecule has 0 spiro atoms. The van der Waals surface area contributed by atoms with E-state index in [-0.39, 0.29) is 18.2 Å². The first-order valence-electron chi connectivity index (χ1n) is 8.38. The first-order chi connectivity index (χ1) is 12.8. The lowest BCUT2D eigenvalue weighted by molar-refractivity contribution is -0.274. The molecule has 2 aromatic heterocycles. The molecule has 3 aromatic rings. The van der Waals surface area contributed by atoms with Crippen molar-refractivity contribution in [2.24, 2.45) is 0 Å². The van der Waals surface area contributed by atoms with Crippen LogP contribution in [0.2, 0.25) is 0 Å². The minimum atomic E-state index is -4.73. The van der Waals surface area contributed by atoms with Gasteiger partial charge in [-0.2, -0.15) is 0 Å². The van der Waals surface area contributed by atoms with Gasteiger partial charge in [0.1, 0.15) is 17.1 Å². The van der Waals surface area contributed by atoms with Crippen LogP contribution < -0.4 is 10.1 Å². The fourth-order valence-corrected chi connectivity index (χ4v) is 2.81. The number of nitrogens with one attached hydrogen (secondary N) is 1. The van der Waals surface area contributed by atoms with Gasteiger partial charge in [-0.1, -0.05) is 25.1 Å². The maximum absolute atomic E-state index is 12.7. The zero-order chi connectivity index (χ0) is 19.6. The number of hydrogen-bond acceptors (Lipinski definition) is 3. The van der Waals surface area contributed by atoms with Gasteiger partial charge in [-0.15, -0.1) is 13.2 Å². The molecule has 0 fully saturated rings. The van der Waals surface area contributed by atoms with Gasteiger partial charge < -0.3 is 10.1 Å². The maximum Gasteiger partial charge on any atom is 0.573 e. The molecule has 0 bridgehead atoms. The van der Waals surface area contributed by atoms with Crippen molar-refractivity contribution in [2.45, 2.75) is 33.2 Å². The lowest BCUT2D eigenvalue weighted by atomic mass is 10.2. The zero-order valence-corrected chi connectivity index (χ0v) is 14.8. The summed E-state index contributed by atoms with van der Waals surface area (Å²) in [5.41, 5.74) is 3.50. The molecule has 142 valence electrons. The predicted octanol–water partition coefficient (Wildman–Crippen LogP) is 4.03. The van der Waals surface area contributed by atoms with Crippen molar-refractivity contribution >= 4 is 11.6 Å². The van der Waals surface area contributed by atoms with Crippen molar-refractivity contribution in [2.75, 3.05) is 0 Å². The van der Waals surface area contributed by atoms with E-state index in [1.165, 1.54) is 24.3 Å². The first-order valence-corrected chi connectivity index (χ1v) is 8.38. The fraction of sp³-hybridized carbons (Fsp3) is 0.263. The standard InChI is InChI=1S/C19H18F3N3O2/c1-3-15-16(25-10-4-5-12(2)17(25)24-15)18(26)23-11-13-6-8-14(9-7-13)27-19(20,21)22/h4-10H,3,11H2,1-2H3,(H,23,26). The average molecular weight is 377 g/mol. The summed E-state index contributed by atoms with van der Waals surface area (Å²) in [5, 5.41) is 2.79. The Kier molecular flexibility index (Phi) is 5.07. The summed E-state index contributed by atoms with van der Waals surface area (Å²) in [4.78, 5) is 17.2. The molecule has 0 radical (unpaired) electrons. The highest BCUT2D eigenvalue weighted by Gasteiger charge is 2.31. The number of carbonyl (C=O) groups is 1. The van der Waals surface area contributed by atoms with E-state index in [0.29, 0.717) is 23.4 Å². The average Bonchev–Trinajstić information content (AvgIpc) is 3.00. The molecule has 3 rings (SSSR count). The van der Waals surface area contributed by atoms with Crippen LogP contribution in [-0.4, -0.2) is 21.7 Å². The second kappa shape index (κ2) is 7.30. The number of hydrogen-bond donors (Lipinski definition) is 1. The molecule has 5 nitrogen and oxygen atoms in total. The summed E-state index contributed by atoms with van der Waals surface area (Å²) < 4.78 is 42.2. The molecule has 0 aliphatic carbocycles. The van der Waals surface area contributed by atoms with Crippen LogP contribution in [0.3, 0.4) is 0 Å². The number of carbonyl (C=O) groups excluding carboxylic acids is 1. The number of pyridine rings is 1. The Morgan fingerprint density at radius 3 is 2.56 bits per heavy atom. The molecule has 27 heavy (non-hydrogen) atoms. The van der Waals surface area contributed by atoms with Gasteiger partial charge in [0.2, 0.25) is 0 Å². The van der Waals surface area contributed by atoms with Gasteiger partial charge in [0.25, 0.3) is 5.91 Å². The molecule has 0 aliphatic heterocycles. The number of rotatable bonds is 5. The van der Waals surface area contributed by atoms with Crippen molar-refractivity contribution < 1.29 is 22.7 Å². The van der Waals surface area contributed by atoms with Crippen LogP contribution in [0.15, 0.2) is 42.6 Å². The second-order valence-corrected chi connectivity index (χ2v) is 6.02. The number of benzene rings is 1. The van der Waals surface area contributed by atoms with Crippen molar-refractivity contribution in [3.05, 3.63) is 65.1 Å². The van der Waals surface area contributed by atoms with E-state index in [4.69, 9.17) is 0 Å². The topological polar surface area (TPSA) is 55.6 Å². The number of fused-ring (bicyclic) bond motifs is 1. The largest absolute Gasteiger partial charge is 0.573 e. The van der Waals surface area contributed by atoms with E-state index < -0.39 is 6.36 Å². The normalized spacial score (nSPS) is 11.6. The summed E-state index contributed by atoms with van der Waals surface area (Å²) in [6, 6.07) is 9.14. The van der Waals surface area contributed by atoms with Crippen molar-refractivity contribution in [3.8, 4) is 5.75 Å². The van der Waals surface area contributed by atoms with Crippen molar-refractivity contribution in [1.82, 2.24) is 14.7 Å². The van der Waals surface area contributed by atoms with Crippen LogP contribution in [0.5, 0.6) is 5.75 Å². The smallest absolute Gasteiger partial charge is 0.406 e. The number of halogens is 3. The van der Waals surface area contributed by atoms with Crippen molar-refractivity contribution in [3.63, 3.8) is 0 Å². The van der Waals surface area contributed by atoms with Gasteiger partial charge in [0.15, 0.2) is 0 Å². The molecule has 1 aromatic carbocycles. The second-order valence-electron chi connectivity index (χ2n) is 6.02. The molecule has 1 amide bonds. The number of alkyl halides is 3. The van der Waals surface area contributed by atoms with Gasteiger partial charge in [0.05, 0.1) is 5.69 Å². The number of nitrogens with zero attached hydrogens (tertiary/aromatic N) is 2. The van der Waals surface area contributed by atoms with Gasteiger partial charge in [0, 0.05) is 12.7 Å². The van der Waals surface area contributed by atoms with Gasteiger partial charge in [-0.25, -0.2) is 4.98 Å². The Morgan fingerprint density at radius 1 is 1.22 bits per heavy atom. The highest BCUT2D eigenvalue weighted by atomic mass is 19.4. The quantitative estimate of drug-likeness (QED) is 0.730. The zero-order valence-electron chi connectivity index (χ0n) is 14.8. The number of aromatic nitrogens is 2. The molecule has 0 unspecified atom stereocenters. The number of amides is 1. The van der Waals surface area contributed by atoms with E-state index in [2.05, 4.69) is 15.0 Å². The lowest BCUT2D eigenvalue weighted by Crippen LogP contribution is -2.25. The van der Waals surface area contributed by atoms with E-state index in [9.17, 15) is 18.0 Å². The molecular weight excluding hydrogens is 359 g/mol. The minimum Gasteiger partial charge on any atom is -0.406 e. The number of ether oxygens (including phenoxy) is 1. The van der Waals surface area contributed by atoms with Gasteiger partial charge in [-0.05, 0) is 42.7 Å². The molecule has 2 heterocycles. The Hall–Kier alpha value is -3.03. The molecule has 1 N–H and O–H groups in total. The maximum atomic E-state index is 12.7. The third-order valence-electron chi connectivity index (χ3n) is 4.08. The van der Waals surface area contributed by atoms with E-state index in [0.717, 1.165) is 11.2 Å². The Balaban J connectivity index is 1.75. The molecule has 8 heteroatoms. The fourth-order valence-electron chi connectivity index (χ4n) is 2.81. The number of imidazole rings is 1. The SMILES string of the molecule is CCc1nc2c(C)cccn2c1C(=O)NCc1ccc(OC(F)(F)F)cc1. The first kappa shape index (κ1) is 18.8. The predicted molar refractivity (Wildman–Crippen MR) is 93.6 cm³/mol. The molecule has 0 aliphatic rings. The highest BCUT2D eigenvalue weighted by molar-refractivity contribution is 5.94. The minimum absolute atomic E-state index is 0.174. The monoisotopic (exact) mass is 377 g/mol. The van der Waals surface area contributed by atoms with E-state index >= 15 is 0 Å². The lowest BCUT2D eigenvalue weighted by Gasteiger charge is -2.10. The summed E-state index contributed by atoms with van der Waals surface area (Å²) in [7, 11) is 0. The van der Waals surface area contributed by atoms with Gasteiger partial charge in [-0.3, -0.25) is 9.20 Å². The number of aryl methyl sites for hydroxylation is 2. The Morgan fingerprint density at radius 2 is 1.93 bits per heavy atom. The summed E-state index contributed by atoms with van der Waals surface area (Å²) >= 11 is 0. The van der Waals surface area contributed by atoms with E-state index in [1.807, 2.05) is 26.0 Å². The van der Waals surface area contributed by atoms with Crippen LogP contribution >= 0.6 is 0 Å². The van der Waals surface area contributed by atoms with Crippen LogP contribution in [-0.2, 0) is 13.0 Å². The van der Waals surface area contributed by atoms with Gasteiger partial charge >= 0.3 is 6.36 Å². The van der Waals surface area contributed by atoms with Crippen LogP contribution in [0.1, 0.15) is 34.2 Å². The summed E-state index contributed by atoms with van der Waals surface area (Å²) in [6.45, 7) is 4.02. The van der Waals surface area contributed by atoms with Crippen molar-refractivity contribution in [1.29, 1.82) is 0 Å². The van der Waals surface area contributed by atoms with Crippen LogP contribution in [0.4, 0.5) is 13.2 Å². The molecule has 0 saturated carbocycles. The molecule has 0 saturated heterocycles. The third kappa shape index (κ3) is 4.21. The highest BCUT2D eigenvalue weighted by Crippen LogP contribution is 2.23.